The van der Waals surface area contributed by atoms with Gasteiger partial charge in [0.1, 0.15) is 0 Å². The molecule has 0 atom stereocenters. The van der Waals surface area contributed by atoms with Gasteiger partial charge in [-0.25, -0.2) is 9.78 Å². The number of hydrogen-bond acceptors (Lipinski definition) is 4. The van der Waals surface area contributed by atoms with Crippen molar-refractivity contribution in [3.05, 3.63) is 48.0 Å². The van der Waals surface area contributed by atoms with E-state index in [9.17, 15) is 9.90 Å². The molecule has 3 rings (SSSR count). The second-order valence-corrected chi connectivity index (χ2v) is 6.18. The fraction of sp³-hybridized carbons (Fsp3) is 0.0667. The molecule has 0 radical (unpaired) electrons. The number of hydrogen-bond donors (Lipinski definition) is 2. The van der Waals surface area contributed by atoms with Crippen LogP contribution in [0.15, 0.2) is 57.4 Å². The Balaban J connectivity index is 2.03. The fourth-order valence-corrected chi connectivity index (χ4v) is 3.70. The Labute approximate surface area is 130 Å². The molecule has 4 nitrogen and oxygen atoms in total. The molecule has 2 aromatic carbocycles. The smallest absolute Gasteiger partial charge is 0.337 e. The van der Waals surface area contributed by atoms with Crippen molar-refractivity contribution in [1.29, 1.82) is 0 Å². The molecule has 0 fully saturated rings. The van der Waals surface area contributed by atoms with Gasteiger partial charge in [0.05, 0.1) is 16.6 Å². The first kappa shape index (κ1) is 14.0. The Kier molecular flexibility index (Phi) is 3.90. The van der Waals surface area contributed by atoms with Crippen LogP contribution in [0.2, 0.25) is 0 Å². The minimum atomic E-state index is -0.918. The monoisotopic (exact) mass is 316 g/mol. The molecule has 0 aliphatic rings. The summed E-state index contributed by atoms with van der Waals surface area (Å²) in [6.45, 7) is 0. The van der Waals surface area contributed by atoms with Gasteiger partial charge in [-0.3, -0.25) is 0 Å². The highest BCUT2D eigenvalue weighted by molar-refractivity contribution is 7.99. The number of H-pyrrole nitrogens is 1. The second-order valence-electron chi connectivity index (χ2n) is 4.30. The topological polar surface area (TPSA) is 66.0 Å². The number of imidazole rings is 1. The van der Waals surface area contributed by atoms with Crippen LogP contribution in [0.1, 0.15) is 10.4 Å². The number of aromatic nitrogens is 2. The number of carboxylic acid groups (broad SMARTS) is 1. The number of fused-ring (bicyclic) bond motifs is 1. The summed E-state index contributed by atoms with van der Waals surface area (Å²) in [7, 11) is 0. The Morgan fingerprint density at radius 2 is 1.90 bits per heavy atom. The molecular weight excluding hydrogens is 304 g/mol. The lowest BCUT2D eigenvalue weighted by Gasteiger charge is -2.07. The Bertz CT molecular complexity index is 781. The number of para-hydroxylation sites is 2. The van der Waals surface area contributed by atoms with Crippen molar-refractivity contribution in [2.45, 2.75) is 14.9 Å². The highest BCUT2D eigenvalue weighted by atomic mass is 32.2. The maximum absolute atomic E-state index is 11.5. The summed E-state index contributed by atoms with van der Waals surface area (Å²) in [5, 5.41) is 10.1. The van der Waals surface area contributed by atoms with Crippen LogP contribution < -0.4 is 0 Å². The molecule has 0 amide bonds. The van der Waals surface area contributed by atoms with Crippen LogP contribution in [0, 0.1) is 0 Å². The summed E-state index contributed by atoms with van der Waals surface area (Å²) >= 11 is 2.77. The number of carbonyl (C=O) groups is 1. The van der Waals surface area contributed by atoms with E-state index in [0.717, 1.165) is 15.9 Å². The standard InChI is InChI=1S/C15H12N2O2S2/c1-20-11-7-4-8-12(13(11)14(18)19)21-15-16-9-5-2-3-6-10(9)17-15/h2-8H,1H3,(H,16,17)(H,18,19). The maximum Gasteiger partial charge on any atom is 0.337 e. The van der Waals surface area contributed by atoms with Gasteiger partial charge in [-0.1, -0.05) is 30.0 Å². The Hall–Kier alpha value is -1.92. The normalized spacial score (nSPS) is 10.9. The van der Waals surface area contributed by atoms with Crippen LogP contribution in [0.3, 0.4) is 0 Å². The molecule has 1 aromatic heterocycles. The molecule has 6 heteroatoms. The first-order valence-electron chi connectivity index (χ1n) is 6.22. The minimum absolute atomic E-state index is 0.329. The lowest BCUT2D eigenvalue weighted by Crippen LogP contribution is -2.01. The number of benzene rings is 2. The van der Waals surface area contributed by atoms with Crippen LogP contribution >= 0.6 is 23.5 Å². The number of nitrogens with zero attached hydrogens (tertiary/aromatic N) is 1. The van der Waals surface area contributed by atoms with E-state index in [1.807, 2.05) is 42.7 Å². The van der Waals surface area contributed by atoms with Crippen molar-refractivity contribution >= 4 is 40.5 Å². The summed E-state index contributed by atoms with van der Waals surface area (Å²) in [6, 6.07) is 13.2. The SMILES string of the molecule is CSc1cccc(Sc2nc3ccccc3[nH]2)c1C(=O)O. The van der Waals surface area contributed by atoms with Crippen LogP contribution in [0.5, 0.6) is 0 Å². The predicted octanol–water partition coefficient (Wildman–Crippen LogP) is 4.13. The van der Waals surface area contributed by atoms with E-state index in [0.29, 0.717) is 15.6 Å². The van der Waals surface area contributed by atoms with Gasteiger partial charge in [-0.05, 0) is 30.5 Å². The first-order valence-corrected chi connectivity index (χ1v) is 8.26. The van der Waals surface area contributed by atoms with E-state index >= 15 is 0 Å². The summed E-state index contributed by atoms with van der Waals surface area (Å²) in [6.07, 6.45) is 1.87. The number of aromatic carboxylic acids is 1. The zero-order valence-electron chi connectivity index (χ0n) is 11.2. The quantitative estimate of drug-likeness (QED) is 0.708. The van der Waals surface area contributed by atoms with Crippen molar-refractivity contribution < 1.29 is 9.90 Å². The van der Waals surface area contributed by atoms with E-state index < -0.39 is 5.97 Å². The van der Waals surface area contributed by atoms with Crippen LogP contribution in [-0.4, -0.2) is 27.3 Å². The number of nitrogens with one attached hydrogen (secondary N) is 1. The van der Waals surface area contributed by atoms with Gasteiger partial charge in [0.25, 0.3) is 0 Å². The molecule has 21 heavy (non-hydrogen) atoms. The highest BCUT2D eigenvalue weighted by Gasteiger charge is 2.17. The van der Waals surface area contributed by atoms with Gasteiger partial charge in [0, 0.05) is 9.79 Å². The summed E-state index contributed by atoms with van der Waals surface area (Å²) in [4.78, 5) is 20.6. The van der Waals surface area contributed by atoms with E-state index in [2.05, 4.69) is 9.97 Å². The molecular formula is C15H12N2O2S2. The minimum Gasteiger partial charge on any atom is -0.478 e. The van der Waals surface area contributed by atoms with Crippen LogP contribution in [0.25, 0.3) is 11.0 Å². The molecule has 0 aliphatic heterocycles. The third-order valence-electron chi connectivity index (χ3n) is 3.00. The van der Waals surface area contributed by atoms with Crippen LogP contribution in [0.4, 0.5) is 0 Å². The van der Waals surface area contributed by atoms with Gasteiger partial charge in [-0.2, -0.15) is 0 Å². The zero-order valence-corrected chi connectivity index (χ0v) is 12.8. The van der Waals surface area contributed by atoms with E-state index in [-0.39, 0.29) is 0 Å². The number of carboxylic acids is 1. The van der Waals surface area contributed by atoms with Crippen molar-refractivity contribution in [3.63, 3.8) is 0 Å². The first-order chi connectivity index (χ1) is 10.2. The van der Waals surface area contributed by atoms with Crippen molar-refractivity contribution in [2.24, 2.45) is 0 Å². The van der Waals surface area contributed by atoms with Gasteiger partial charge < -0.3 is 10.1 Å². The molecule has 0 bridgehead atoms. The summed E-state index contributed by atoms with van der Waals surface area (Å²) < 4.78 is 0. The summed E-state index contributed by atoms with van der Waals surface area (Å²) in [5.74, 6) is -0.918. The maximum atomic E-state index is 11.5. The van der Waals surface area contributed by atoms with Gasteiger partial charge >= 0.3 is 5.97 Å². The average Bonchev–Trinajstić information content (AvgIpc) is 2.88. The Morgan fingerprint density at radius 1 is 1.14 bits per heavy atom. The van der Waals surface area contributed by atoms with Crippen molar-refractivity contribution in [1.82, 2.24) is 9.97 Å². The molecule has 0 saturated heterocycles. The Morgan fingerprint density at radius 3 is 2.62 bits per heavy atom. The lowest BCUT2D eigenvalue weighted by molar-refractivity contribution is 0.0689. The van der Waals surface area contributed by atoms with Gasteiger partial charge in [-0.15, -0.1) is 11.8 Å². The van der Waals surface area contributed by atoms with Gasteiger partial charge in [0.2, 0.25) is 0 Å². The van der Waals surface area contributed by atoms with Crippen molar-refractivity contribution in [2.75, 3.05) is 6.26 Å². The molecule has 2 N–H and O–H groups in total. The third kappa shape index (κ3) is 2.77. The van der Waals surface area contributed by atoms with E-state index in [4.69, 9.17) is 0 Å². The summed E-state index contributed by atoms with van der Waals surface area (Å²) in [5.41, 5.74) is 2.14. The third-order valence-corrected chi connectivity index (χ3v) is 4.72. The average molecular weight is 316 g/mol. The van der Waals surface area contributed by atoms with Gasteiger partial charge in [0.15, 0.2) is 5.16 Å². The number of thioether (sulfide) groups is 1. The lowest BCUT2D eigenvalue weighted by atomic mass is 10.2. The van der Waals surface area contributed by atoms with E-state index in [1.54, 1.807) is 6.07 Å². The largest absolute Gasteiger partial charge is 0.478 e. The molecule has 1 heterocycles. The number of aromatic amines is 1. The van der Waals surface area contributed by atoms with Crippen LogP contribution in [-0.2, 0) is 0 Å². The van der Waals surface area contributed by atoms with Crippen molar-refractivity contribution in [3.8, 4) is 0 Å². The molecule has 0 spiro atoms. The van der Waals surface area contributed by atoms with E-state index in [1.165, 1.54) is 23.5 Å². The highest BCUT2D eigenvalue weighted by Crippen LogP contribution is 2.34. The molecule has 0 aliphatic carbocycles. The zero-order chi connectivity index (χ0) is 14.8. The molecule has 0 saturated carbocycles. The fourth-order valence-electron chi connectivity index (χ4n) is 2.06. The number of rotatable bonds is 4. The second kappa shape index (κ2) is 5.83. The predicted molar refractivity (Wildman–Crippen MR) is 85.4 cm³/mol. The molecule has 0 unspecified atom stereocenters. The molecule has 106 valence electrons. The molecule has 3 aromatic rings.